The third-order valence-electron chi connectivity index (χ3n) is 3.55. The summed E-state index contributed by atoms with van der Waals surface area (Å²) in [5, 5.41) is 0. The highest BCUT2D eigenvalue weighted by Crippen LogP contribution is 2.21. The van der Waals surface area contributed by atoms with Gasteiger partial charge in [0.15, 0.2) is 0 Å². The maximum atomic E-state index is 5.87. The fraction of sp³-hybridized carbons (Fsp3) is 0.421. The summed E-state index contributed by atoms with van der Waals surface area (Å²) in [7, 11) is 0.513. The zero-order valence-corrected chi connectivity index (χ0v) is 16.0. The minimum atomic E-state index is -1.12. The van der Waals surface area contributed by atoms with E-state index in [0.717, 1.165) is 17.3 Å². The van der Waals surface area contributed by atoms with Crippen molar-refractivity contribution in [2.75, 3.05) is 13.7 Å². The Hall–Kier alpha value is -1.69. The molecule has 1 aromatic heterocycles. The number of aromatic nitrogens is 1. The van der Waals surface area contributed by atoms with E-state index in [1.165, 1.54) is 0 Å². The second-order valence-corrected chi connectivity index (χ2v) is 12.5. The molecule has 130 valence electrons. The highest BCUT2D eigenvalue weighted by molar-refractivity contribution is 6.76. The second kappa shape index (κ2) is 8.96. The van der Waals surface area contributed by atoms with Crippen LogP contribution in [-0.4, -0.2) is 26.8 Å². The van der Waals surface area contributed by atoms with Crippen molar-refractivity contribution in [2.45, 2.75) is 38.6 Å². The van der Waals surface area contributed by atoms with Gasteiger partial charge in [0.05, 0.1) is 0 Å². The molecule has 0 aliphatic rings. The lowest BCUT2D eigenvalue weighted by Crippen LogP contribution is -2.22. The zero-order chi connectivity index (χ0) is 17.4. The number of benzene rings is 1. The van der Waals surface area contributed by atoms with Crippen molar-refractivity contribution in [1.82, 2.24) is 4.98 Å². The minimum Gasteiger partial charge on any atom is -0.473 e. The predicted molar refractivity (Wildman–Crippen MR) is 98.9 cm³/mol. The second-order valence-electron chi connectivity index (χ2n) is 6.92. The van der Waals surface area contributed by atoms with Crippen molar-refractivity contribution in [2.24, 2.45) is 0 Å². The number of hydrogen-bond acceptors (Lipinski definition) is 4. The molecule has 0 aliphatic carbocycles. The predicted octanol–water partition coefficient (Wildman–Crippen LogP) is 4.66. The molecule has 0 spiro atoms. The van der Waals surface area contributed by atoms with Gasteiger partial charge in [-0.1, -0.05) is 56.0 Å². The summed E-state index contributed by atoms with van der Waals surface area (Å²) >= 11 is 0. The summed E-state index contributed by atoms with van der Waals surface area (Å²) in [5.74, 6) is 0.576. The van der Waals surface area contributed by atoms with Crippen LogP contribution < -0.4 is 4.74 Å². The van der Waals surface area contributed by atoms with Gasteiger partial charge in [-0.15, -0.1) is 0 Å². The van der Waals surface area contributed by atoms with Gasteiger partial charge in [0.1, 0.15) is 12.3 Å². The molecule has 0 radical (unpaired) electrons. The average molecular weight is 346 g/mol. The highest BCUT2D eigenvalue weighted by atomic mass is 28.3. The van der Waals surface area contributed by atoms with E-state index in [-0.39, 0.29) is 0 Å². The summed E-state index contributed by atoms with van der Waals surface area (Å²) in [6, 6.07) is 16.8. The van der Waals surface area contributed by atoms with E-state index in [4.69, 9.17) is 14.2 Å². The molecule has 0 amide bonds. The third-order valence-corrected chi connectivity index (χ3v) is 5.26. The van der Waals surface area contributed by atoms with Crippen molar-refractivity contribution < 1.29 is 14.2 Å². The van der Waals surface area contributed by atoms with Crippen molar-refractivity contribution in [3.63, 3.8) is 0 Å². The number of nitrogens with zero attached hydrogens (tertiary/aromatic N) is 1. The summed E-state index contributed by atoms with van der Waals surface area (Å²) in [6.07, 6.45) is -0.457. The summed E-state index contributed by atoms with van der Waals surface area (Å²) in [4.78, 5) is 4.51. The van der Waals surface area contributed by atoms with Crippen LogP contribution >= 0.6 is 0 Å². The van der Waals surface area contributed by atoms with E-state index in [2.05, 4.69) is 24.6 Å². The lowest BCUT2D eigenvalue weighted by molar-refractivity contribution is -0.126. The smallest absolute Gasteiger partial charge is 0.213 e. The number of pyridine rings is 1. The topological polar surface area (TPSA) is 40.6 Å². The van der Waals surface area contributed by atoms with Gasteiger partial charge in [-0.2, -0.15) is 0 Å². The Morgan fingerprint density at radius 2 is 1.75 bits per heavy atom. The first-order chi connectivity index (χ1) is 11.5. The van der Waals surface area contributed by atoms with Gasteiger partial charge in [0, 0.05) is 27.9 Å². The maximum Gasteiger partial charge on any atom is 0.213 e. The molecule has 0 bridgehead atoms. The van der Waals surface area contributed by atoms with E-state index in [1.54, 1.807) is 7.11 Å². The third kappa shape index (κ3) is 6.43. The van der Waals surface area contributed by atoms with Gasteiger partial charge in [0.2, 0.25) is 12.2 Å². The van der Waals surface area contributed by atoms with Crippen LogP contribution in [0.5, 0.6) is 5.88 Å². The van der Waals surface area contributed by atoms with Crippen LogP contribution in [0.1, 0.15) is 17.5 Å². The van der Waals surface area contributed by atoms with E-state index in [9.17, 15) is 0 Å². The Kier molecular flexibility index (Phi) is 6.96. The number of methoxy groups -OCH3 is 1. The maximum absolute atomic E-state index is 5.87. The molecule has 0 aliphatic heterocycles. The standard InChI is InChI=1S/C19H27NO3Si/c1-21-19(22-13-14-24(2,3)4)17-11-8-12-18(20-17)23-15-16-9-6-5-7-10-16/h5-12,19H,13-15H2,1-4H3. The van der Waals surface area contributed by atoms with Crippen molar-refractivity contribution in [1.29, 1.82) is 0 Å². The largest absolute Gasteiger partial charge is 0.473 e. The molecule has 1 atom stereocenters. The fourth-order valence-electron chi connectivity index (χ4n) is 2.12. The van der Waals surface area contributed by atoms with E-state index >= 15 is 0 Å². The zero-order valence-electron chi connectivity index (χ0n) is 15.0. The van der Waals surface area contributed by atoms with Gasteiger partial charge in [-0.05, 0) is 17.7 Å². The normalized spacial score (nSPS) is 12.8. The fourth-order valence-corrected chi connectivity index (χ4v) is 2.85. The van der Waals surface area contributed by atoms with Gasteiger partial charge < -0.3 is 14.2 Å². The van der Waals surface area contributed by atoms with Crippen LogP contribution in [0.2, 0.25) is 25.7 Å². The van der Waals surface area contributed by atoms with Gasteiger partial charge in [-0.3, -0.25) is 0 Å². The Morgan fingerprint density at radius 1 is 1.00 bits per heavy atom. The molecule has 0 fully saturated rings. The molecular formula is C19H27NO3Si. The van der Waals surface area contributed by atoms with Crippen molar-refractivity contribution in [3.8, 4) is 5.88 Å². The van der Waals surface area contributed by atoms with Crippen molar-refractivity contribution in [3.05, 3.63) is 59.8 Å². The minimum absolute atomic E-state index is 0.457. The summed E-state index contributed by atoms with van der Waals surface area (Å²) in [6.45, 7) is 8.16. The molecule has 0 saturated carbocycles. The molecule has 5 heteroatoms. The van der Waals surface area contributed by atoms with E-state index in [0.29, 0.717) is 19.1 Å². The Balaban J connectivity index is 1.94. The van der Waals surface area contributed by atoms with Crippen molar-refractivity contribution >= 4 is 8.07 Å². The van der Waals surface area contributed by atoms with Crippen LogP contribution in [0.4, 0.5) is 0 Å². The monoisotopic (exact) mass is 345 g/mol. The average Bonchev–Trinajstić information content (AvgIpc) is 2.57. The molecule has 0 saturated heterocycles. The van der Waals surface area contributed by atoms with Crippen LogP contribution in [0.25, 0.3) is 0 Å². The van der Waals surface area contributed by atoms with Crippen LogP contribution in [0.3, 0.4) is 0 Å². The molecule has 0 N–H and O–H groups in total. The first-order valence-electron chi connectivity index (χ1n) is 8.26. The van der Waals surface area contributed by atoms with E-state index < -0.39 is 14.4 Å². The molecule has 1 heterocycles. The summed E-state index contributed by atoms with van der Waals surface area (Å²) < 4.78 is 17.1. The molecule has 2 rings (SSSR count). The van der Waals surface area contributed by atoms with Gasteiger partial charge in [0.25, 0.3) is 0 Å². The quantitative estimate of drug-likeness (QED) is 0.489. The Morgan fingerprint density at radius 3 is 2.42 bits per heavy atom. The Labute approximate surface area is 145 Å². The van der Waals surface area contributed by atoms with Gasteiger partial charge in [-0.25, -0.2) is 4.98 Å². The molecule has 24 heavy (non-hydrogen) atoms. The summed E-state index contributed by atoms with van der Waals surface area (Å²) in [5.41, 5.74) is 1.85. The molecule has 2 aromatic rings. The van der Waals surface area contributed by atoms with Crippen LogP contribution in [0.15, 0.2) is 48.5 Å². The first kappa shape index (κ1) is 18.6. The number of rotatable bonds is 9. The molecular weight excluding hydrogens is 318 g/mol. The molecule has 4 nitrogen and oxygen atoms in total. The Bertz CT molecular complexity index is 614. The van der Waals surface area contributed by atoms with Crippen LogP contribution in [0, 0.1) is 0 Å². The molecule has 1 unspecified atom stereocenters. The molecule has 1 aromatic carbocycles. The van der Waals surface area contributed by atoms with Gasteiger partial charge >= 0.3 is 0 Å². The van der Waals surface area contributed by atoms with Crippen LogP contribution in [-0.2, 0) is 16.1 Å². The van der Waals surface area contributed by atoms with E-state index in [1.807, 2.05) is 48.5 Å². The number of hydrogen-bond donors (Lipinski definition) is 0. The SMILES string of the molecule is COC(OCC[Si](C)(C)C)c1cccc(OCc2ccccc2)n1. The highest BCUT2D eigenvalue weighted by Gasteiger charge is 2.17. The number of ether oxygens (including phenoxy) is 3. The lowest BCUT2D eigenvalue weighted by Gasteiger charge is -2.20. The lowest BCUT2D eigenvalue weighted by atomic mass is 10.2. The first-order valence-corrected chi connectivity index (χ1v) is 12.0.